The van der Waals surface area contributed by atoms with Gasteiger partial charge in [0.15, 0.2) is 0 Å². The van der Waals surface area contributed by atoms with Crippen molar-refractivity contribution in [3.8, 4) is 5.75 Å². The Balaban J connectivity index is 2.28. The highest BCUT2D eigenvalue weighted by molar-refractivity contribution is 7.87. The van der Waals surface area contributed by atoms with Crippen molar-refractivity contribution in [2.75, 3.05) is 11.9 Å². The van der Waals surface area contributed by atoms with Crippen LogP contribution in [0.4, 0.5) is 10.5 Å². The average molecular weight is 448 g/mol. The molecule has 0 saturated carbocycles. The fraction of sp³-hybridized carbons (Fsp3) is 0.364. The molecule has 1 atom stereocenters. The Morgan fingerprint density at radius 2 is 1.71 bits per heavy atom. The maximum Gasteiger partial charge on any atom is 0.339 e. The molecule has 168 valence electrons. The smallest absolute Gasteiger partial charge is 0.339 e. The molecular formula is C22H29N3O5S. The summed E-state index contributed by atoms with van der Waals surface area (Å²) in [4.78, 5) is 25.2. The third kappa shape index (κ3) is 6.71. The summed E-state index contributed by atoms with van der Waals surface area (Å²) in [5.41, 5.74) is 1.06. The Morgan fingerprint density at radius 1 is 1.06 bits per heavy atom. The molecule has 0 spiro atoms. The quantitative estimate of drug-likeness (QED) is 0.570. The van der Waals surface area contributed by atoms with E-state index in [0.29, 0.717) is 17.8 Å². The minimum atomic E-state index is -4.10. The number of amides is 3. The predicted octanol–water partition coefficient (Wildman–Crippen LogP) is 3.74. The maximum atomic E-state index is 12.8. The molecule has 0 aliphatic carbocycles. The zero-order valence-corrected chi connectivity index (χ0v) is 19.0. The van der Waals surface area contributed by atoms with E-state index in [-0.39, 0.29) is 35.2 Å². The summed E-state index contributed by atoms with van der Waals surface area (Å²) in [6.45, 7) is 7.82. The predicted molar refractivity (Wildman–Crippen MR) is 119 cm³/mol. The number of benzene rings is 2. The van der Waals surface area contributed by atoms with Gasteiger partial charge in [0, 0.05) is 30.8 Å². The molecule has 0 bridgehead atoms. The average Bonchev–Trinajstić information content (AvgIpc) is 2.72. The lowest BCUT2D eigenvalue weighted by atomic mass is 10.1. The van der Waals surface area contributed by atoms with Gasteiger partial charge < -0.3 is 19.7 Å². The van der Waals surface area contributed by atoms with E-state index in [1.54, 1.807) is 29.2 Å². The van der Waals surface area contributed by atoms with Gasteiger partial charge in [-0.3, -0.25) is 4.79 Å². The van der Waals surface area contributed by atoms with Crippen molar-refractivity contribution in [2.45, 2.75) is 51.6 Å². The number of nitrogens with one attached hydrogen (secondary N) is 2. The molecule has 0 fully saturated rings. The molecule has 31 heavy (non-hydrogen) atoms. The molecule has 2 aromatic carbocycles. The molecule has 0 saturated heterocycles. The molecule has 8 nitrogen and oxygen atoms in total. The van der Waals surface area contributed by atoms with Crippen molar-refractivity contribution in [1.82, 2.24) is 10.2 Å². The second kappa shape index (κ2) is 10.8. The van der Waals surface area contributed by atoms with Crippen LogP contribution in [0.3, 0.4) is 0 Å². The zero-order chi connectivity index (χ0) is 23.0. The normalized spacial score (nSPS) is 12.0. The van der Waals surface area contributed by atoms with Crippen molar-refractivity contribution < 1.29 is 22.2 Å². The molecule has 0 aliphatic rings. The molecule has 2 rings (SSSR count). The SMILES string of the molecule is CCNC(=O)N(Cc1ccccc1OS(=O)(=O)c1ccc(NC(C)=O)cc1)C(C)CC. The largest absolute Gasteiger partial charge is 0.379 e. The number of para-hydroxylation sites is 1. The van der Waals surface area contributed by atoms with Gasteiger partial charge >= 0.3 is 16.1 Å². The summed E-state index contributed by atoms with van der Waals surface area (Å²) in [6.07, 6.45) is 0.749. The van der Waals surface area contributed by atoms with Crippen molar-refractivity contribution in [1.29, 1.82) is 0 Å². The van der Waals surface area contributed by atoms with Crippen molar-refractivity contribution in [3.05, 3.63) is 54.1 Å². The minimum Gasteiger partial charge on any atom is -0.379 e. The Kier molecular flexibility index (Phi) is 8.44. The number of hydrogen-bond acceptors (Lipinski definition) is 5. The van der Waals surface area contributed by atoms with Crippen LogP contribution in [0, 0.1) is 0 Å². The fourth-order valence-electron chi connectivity index (χ4n) is 2.87. The molecule has 1 unspecified atom stereocenters. The van der Waals surface area contributed by atoms with Gasteiger partial charge in [-0.1, -0.05) is 25.1 Å². The molecule has 2 aromatic rings. The fourth-order valence-corrected chi connectivity index (χ4v) is 3.84. The first-order chi connectivity index (χ1) is 14.7. The molecule has 0 aromatic heterocycles. The lowest BCUT2D eigenvalue weighted by molar-refractivity contribution is -0.114. The zero-order valence-electron chi connectivity index (χ0n) is 18.2. The van der Waals surface area contributed by atoms with Gasteiger partial charge in [0.2, 0.25) is 5.91 Å². The van der Waals surface area contributed by atoms with Gasteiger partial charge in [-0.25, -0.2) is 4.79 Å². The van der Waals surface area contributed by atoms with Crippen LogP contribution >= 0.6 is 0 Å². The summed E-state index contributed by atoms with van der Waals surface area (Å²) < 4.78 is 31.0. The Hall–Kier alpha value is -3.07. The van der Waals surface area contributed by atoms with Crippen molar-refractivity contribution in [3.63, 3.8) is 0 Å². The number of anilines is 1. The number of hydrogen-bond donors (Lipinski definition) is 2. The van der Waals surface area contributed by atoms with Crippen molar-refractivity contribution in [2.24, 2.45) is 0 Å². The van der Waals surface area contributed by atoms with E-state index in [2.05, 4.69) is 10.6 Å². The first-order valence-electron chi connectivity index (χ1n) is 10.1. The van der Waals surface area contributed by atoms with Crippen LogP contribution < -0.4 is 14.8 Å². The topological polar surface area (TPSA) is 105 Å². The lowest BCUT2D eigenvalue weighted by Crippen LogP contribution is -2.44. The molecule has 9 heteroatoms. The maximum absolute atomic E-state index is 12.8. The Bertz CT molecular complexity index is 1010. The van der Waals surface area contributed by atoms with E-state index >= 15 is 0 Å². The first kappa shape index (κ1) is 24.2. The lowest BCUT2D eigenvalue weighted by Gasteiger charge is -2.29. The highest BCUT2D eigenvalue weighted by Crippen LogP contribution is 2.26. The van der Waals surface area contributed by atoms with Gasteiger partial charge in [-0.15, -0.1) is 0 Å². The highest BCUT2D eigenvalue weighted by atomic mass is 32.2. The number of carbonyl (C=O) groups is 2. The minimum absolute atomic E-state index is 0.0427. The molecule has 0 aliphatic heterocycles. The van der Waals surface area contributed by atoms with Gasteiger partial charge in [0.05, 0.1) is 6.54 Å². The summed E-state index contributed by atoms with van der Waals surface area (Å²) in [5.74, 6) is -0.0928. The van der Waals surface area contributed by atoms with Crippen LogP contribution in [0.15, 0.2) is 53.4 Å². The van der Waals surface area contributed by atoms with Crippen LogP contribution in [0.2, 0.25) is 0 Å². The molecular weight excluding hydrogens is 418 g/mol. The van der Waals surface area contributed by atoms with Gasteiger partial charge in [-0.05, 0) is 50.6 Å². The van der Waals surface area contributed by atoms with Crippen molar-refractivity contribution >= 4 is 27.7 Å². The van der Waals surface area contributed by atoms with E-state index in [4.69, 9.17) is 4.18 Å². The third-order valence-electron chi connectivity index (χ3n) is 4.69. The van der Waals surface area contributed by atoms with E-state index in [1.165, 1.54) is 31.2 Å². The second-order valence-electron chi connectivity index (χ2n) is 7.07. The monoisotopic (exact) mass is 447 g/mol. The molecule has 0 heterocycles. The molecule has 3 amide bonds. The molecule has 2 N–H and O–H groups in total. The van der Waals surface area contributed by atoms with E-state index in [0.717, 1.165) is 6.42 Å². The second-order valence-corrected chi connectivity index (χ2v) is 8.62. The number of urea groups is 1. The van der Waals surface area contributed by atoms with E-state index in [9.17, 15) is 18.0 Å². The summed E-state index contributed by atoms with van der Waals surface area (Å²) in [5, 5.41) is 5.37. The standard InChI is InChI=1S/C22H29N3O5S/c1-5-16(3)25(22(27)23-6-2)15-18-9-7-8-10-21(18)30-31(28,29)20-13-11-19(12-14-20)24-17(4)26/h7-14,16H,5-6,15H2,1-4H3,(H,23,27)(H,24,26). The summed E-state index contributed by atoms with van der Waals surface area (Å²) >= 11 is 0. The van der Waals surface area contributed by atoms with Crippen LogP contribution in [-0.2, 0) is 21.5 Å². The summed E-state index contributed by atoms with van der Waals surface area (Å²) in [7, 11) is -4.10. The van der Waals surface area contributed by atoms with Crippen LogP contribution in [0.25, 0.3) is 0 Å². The van der Waals surface area contributed by atoms with Gasteiger partial charge in [0.25, 0.3) is 0 Å². The van der Waals surface area contributed by atoms with E-state index < -0.39 is 10.1 Å². The van der Waals surface area contributed by atoms with Crippen LogP contribution in [0.5, 0.6) is 5.75 Å². The third-order valence-corrected chi connectivity index (χ3v) is 5.94. The van der Waals surface area contributed by atoms with Gasteiger partial charge in [0.1, 0.15) is 10.6 Å². The number of nitrogens with zero attached hydrogens (tertiary/aromatic N) is 1. The van der Waals surface area contributed by atoms with Crippen LogP contribution in [0.1, 0.15) is 39.7 Å². The van der Waals surface area contributed by atoms with E-state index in [1.807, 2.05) is 20.8 Å². The summed E-state index contributed by atoms with van der Waals surface area (Å²) in [6, 6.07) is 12.2. The number of carbonyl (C=O) groups excluding carboxylic acids is 2. The molecule has 0 radical (unpaired) electrons. The highest BCUT2D eigenvalue weighted by Gasteiger charge is 2.23. The van der Waals surface area contributed by atoms with Gasteiger partial charge in [-0.2, -0.15) is 8.42 Å². The Morgan fingerprint density at radius 3 is 2.29 bits per heavy atom. The Labute approximate surface area is 183 Å². The van der Waals surface area contributed by atoms with Crippen LogP contribution in [-0.4, -0.2) is 37.8 Å². The number of rotatable bonds is 9. The first-order valence-corrected chi connectivity index (χ1v) is 11.5.